The molecule has 6 heteroatoms. The van der Waals surface area contributed by atoms with Gasteiger partial charge in [0, 0.05) is 12.2 Å². The van der Waals surface area contributed by atoms with Crippen molar-refractivity contribution in [3.63, 3.8) is 0 Å². The van der Waals surface area contributed by atoms with Crippen LogP contribution in [0, 0.1) is 0 Å². The number of hydrogen-bond donors (Lipinski definition) is 0. The van der Waals surface area contributed by atoms with E-state index in [1.165, 1.54) is 0 Å². The highest BCUT2D eigenvalue weighted by molar-refractivity contribution is 5.55. The second-order valence-electron chi connectivity index (χ2n) is 5.25. The molecule has 2 aliphatic heterocycles. The van der Waals surface area contributed by atoms with E-state index in [0.717, 1.165) is 37.4 Å². The van der Waals surface area contributed by atoms with E-state index in [9.17, 15) is 0 Å². The summed E-state index contributed by atoms with van der Waals surface area (Å²) in [6.07, 6.45) is 2.19. The molecule has 4 rings (SSSR count). The Morgan fingerprint density at radius 1 is 1.19 bits per heavy atom. The lowest BCUT2D eigenvalue weighted by Gasteiger charge is -2.04. The zero-order valence-corrected chi connectivity index (χ0v) is 11.5. The monoisotopic (exact) mass is 288 g/mol. The van der Waals surface area contributed by atoms with Crippen LogP contribution in [-0.2, 0) is 9.47 Å². The minimum Gasteiger partial charge on any atom is -0.491 e. The third-order valence-electron chi connectivity index (χ3n) is 3.60. The first-order chi connectivity index (χ1) is 10.4. The second-order valence-corrected chi connectivity index (χ2v) is 5.25. The minimum atomic E-state index is -0.0487. The SMILES string of the molecule is c1cc(-c2noc(C3CCCO3)n2)ccc1OCC1CO1. The Morgan fingerprint density at radius 3 is 2.76 bits per heavy atom. The topological polar surface area (TPSA) is 69.9 Å². The van der Waals surface area contributed by atoms with Crippen molar-refractivity contribution >= 4 is 0 Å². The predicted molar refractivity (Wildman–Crippen MR) is 72.9 cm³/mol. The van der Waals surface area contributed by atoms with E-state index >= 15 is 0 Å². The molecule has 3 heterocycles. The summed E-state index contributed by atoms with van der Waals surface area (Å²) in [5.74, 6) is 1.96. The fraction of sp³-hybridized carbons (Fsp3) is 0.467. The van der Waals surface area contributed by atoms with Crippen LogP contribution in [0.2, 0.25) is 0 Å². The minimum absolute atomic E-state index is 0.0487. The van der Waals surface area contributed by atoms with Gasteiger partial charge in [-0.1, -0.05) is 5.16 Å². The number of nitrogens with zero attached hydrogens (tertiary/aromatic N) is 2. The smallest absolute Gasteiger partial charge is 0.256 e. The number of benzene rings is 1. The molecule has 6 nitrogen and oxygen atoms in total. The van der Waals surface area contributed by atoms with Gasteiger partial charge in [0.2, 0.25) is 5.82 Å². The van der Waals surface area contributed by atoms with Crippen molar-refractivity contribution in [2.24, 2.45) is 0 Å². The summed E-state index contributed by atoms with van der Waals surface area (Å²) >= 11 is 0. The van der Waals surface area contributed by atoms with Gasteiger partial charge < -0.3 is 18.7 Å². The average molecular weight is 288 g/mol. The number of rotatable bonds is 5. The molecule has 110 valence electrons. The molecule has 1 aromatic carbocycles. The fourth-order valence-corrected chi connectivity index (χ4v) is 2.31. The molecule has 2 fully saturated rings. The highest BCUT2D eigenvalue weighted by atomic mass is 16.6. The number of epoxide rings is 1. The normalized spacial score (nSPS) is 24.2. The Bertz CT molecular complexity index is 600. The first-order valence-corrected chi connectivity index (χ1v) is 7.18. The van der Waals surface area contributed by atoms with Gasteiger partial charge in [0.25, 0.3) is 5.89 Å². The third kappa shape index (κ3) is 2.91. The summed E-state index contributed by atoms with van der Waals surface area (Å²) in [5.41, 5.74) is 0.901. The van der Waals surface area contributed by atoms with Gasteiger partial charge >= 0.3 is 0 Å². The van der Waals surface area contributed by atoms with Crippen molar-refractivity contribution in [2.75, 3.05) is 19.8 Å². The summed E-state index contributed by atoms with van der Waals surface area (Å²) in [4.78, 5) is 4.41. The van der Waals surface area contributed by atoms with Crippen molar-refractivity contribution in [3.8, 4) is 17.1 Å². The first-order valence-electron chi connectivity index (χ1n) is 7.18. The van der Waals surface area contributed by atoms with Crippen LogP contribution >= 0.6 is 0 Å². The molecule has 0 saturated carbocycles. The molecule has 0 spiro atoms. The van der Waals surface area contributed by atoms with E-state index in [-0.39, 0.29) is 12.2 Å². The van der Waals surface area contributed by atoms with Gasteiger partial charge in [0.1, 0.15) is 24.6 Å². The van der Waals surface area contributed by atoms with Gasteiger partial charge in [-0.25, -0.2) is 0 Å². The van der Waals surface area contributed by atoms with E-state index in [4.69, 9.17) is 18.7 Å². The van der Waals surface area contributed by atoms with Crippen LogP contribution in [0.3, 0.4) is 0 Å². The maximum atomic E-state index is 5.60. The van der Waals surface area contributed by atoms with Crippen molar-refractivity contribution in [1.29, 1.82) is 0 Å². The quantitative estimate of drug-likeness (QED) is 0.787. The van der Waals surface area contributed by atoms with Crippen LogP contribution in [-0.4, -0.2) is 36.1 Å². The molecule has 2 atom stereocenters. The number of ether oxygens (including phenoxy) is 3. The van der Waals surface area contributed by atoms with Gasteiger partial charge in [-0.3, -0.25) is 0 Å². The summed E-state index contributed by atoms with van der Waals surface area (Å²) in [5, 5.41) is 4.02. The third-order valence-corrected chi connectivity index (χ3v) is 3.60. The largest absolute Gasteiger partial charge is 0.491 e. The molecule has 0 N–H and O–H groups in total. The molecule has 2 aliphatic rings. The summed E-state index contributed by atoms with van der Waals surface area (Å²) in [6, 6.07) is 7.65. The van der Waals surface area contributed by atoms with Crippen molar-refractivity contribution in [3.05, 3.63) is 30.2 Å². The molecule has 0 bridgehead atoms. The van der Waals surface area contributed by atoms with Crippen LogP contribution in [0.25, 0.3) is 11.4 Å². The molecule has 21 heavy (non-hydrogen) atoms. The Balaban J connectivity index is 1.44. The Kier molecular flexibility index (Phi) is 3.33. The van der Waals surface area contributed by atoms with E-state index in [1.54, 1.807) is 0 Å². The zero-order valence-electron chi connectivity index (χ0n) is 11.5. The summed E-state index contributed by atoms with van der Waals surface area (Å²) < 4.78 is 21.5. The maximum absolute atomic E-state index is 5.60. The molecular formula is C15H16N2O4. The van der Waals surface area contributed by atoms with Crippen molar-refractivity contribution in [1.82, 2.24) is 10.1 Å². The molecule has 0 amide bonds. The second kappa shape index (κ2) is 5.46. The Labute approximate surface area is 122 Å². The highest BCUT2D eigenvalue weighted by Gasteiger charge is 2.24. The molecule has 2 saturated heterocycles. The van der Waals surface area contributed by atoms with E-state index < -0.39 is 0 Å². The van der Waals surface area contributed by atoms with Crippen LogP contribution in [0.1, 0.15) is 24.8 Å². The lowest BCUT2D eigenvalue weighted by atomic mass is 10.2. The maximum Gasteiger partial charge on any atom is 0.256 e. The van der Waals surface area contributed by atoms with Crippen LogP contribution in [0.4, 0.5) is 0 Å². The van der Waals surface area contributed by atoms with Gasteiger partial charge in [0.05, 0.1) is 6.61 Å². The summed E-state index contributed by atoms with van der Waals surface area (Å²) in [7, 11) is 0. The van der Waals surface area contributed by atoms with Gasteiger partial charge in [-0.2, -0.15) is 4.98 Å². The molecular weight excluding hydrogens is 272 g/mol. The highest BCUT2D eigenvalue weighted by Crippen LogP contribution is 2.29. The van der Waals surface area contributed by atoms with Gasteiger partial charge in [0.15, 0.2) is 0 Å². The average Bonchev–Trinajstić information content (AvgIpc) is 3.01. The van der Waals surface area contributed by atoms with Crippen molar-refractivity contribution in [2.45, 2.75) is 25.0 Å². The number of hydrogen-bond acceptors (Lipinski definition) is 6. The lowest BCUT2D eigenvalue weighted by Crippen LogP contribution is -2.03. The zero-order chi connectivity index (χ0) is 14.1. The molecule has 0 radical (unpaired) electrons. The Hall–Kier alpha value is -1.92. The fourth-order valence-electron chi connectivity index (χ4n) is 2.31. The molecule has 2 unspecified atom stereocenters. The van der Waals surface area contributed by atoms with E-state index in [0.29, 0.717) is 18.3 Å². The number of aromatic nitrogens is 2. The van der Waals surface area contributed by atoms with Crippen LogP contribution < -0.4 is 4.74 Å². The van der Waals surface area contributed by atoms with Crippen LogP contribution in [0.15, 0.2) is 28.8 Å². The van der Waals surface area contributed by atoms with Gasteiger partial charge in [-0.05, 0) is 37.1 Å². The van der Waals surface area contributed by atoms with Crippen molar-refractivity contribution < 1.29 is 18.7 Å². The standard InChI is InChI=1S/C15H16N2O4/c1-2-13(18-7-1)15-16-14(17-21-15)10-3-5-11(6-4-10)19-8-12-9-20-12/h3-6,12-13H,1-2,7-9H2. The lowest BCUT2D eigenvalue weighted by molar-refractivity contribution is 0.0835. The Morgan fingerprint density at radius 2 is 2.05 bits per heavy atom. The van der Waals surface area contributed by atoms with E-state index in [2.05, 4.69) is 10.1 Å². The molecule has 0 aliphatic carbocycles. The summed E-state index contributed by atoms with van der Waals surface area (Å²) in [6.45, 7) is 2.16. The van der Waals surface area contributed by atoms with Crippen LogP contribution in [0.5, 0.6) is 5.75 Å². The molecule has 2 aromatic rings. The van der Waals surface area contributed by atoms with Gasteiger partial charge in [-0.15, -0.1) is 0 Å². The van der Waals surface area contributed by atoms with E-state index in [1.807, 2.05) is 24.3 Å². The molecule has 1 aromatic heterocycles. The first kappa shape index (κ1) is 12.8. The predicted octanol–water partition coefficient (Wildman–Crippen LogP) is 2.37.